The highest BCUT2D eigenvalue weighted by Crippen LogP contribution is 2.38. The van der Waals surface area contributed by atoms with Crippen molar-refractivity contribution in [3.8, 4) is 5.69 Å². The fraction of sp³-hybridized carbons (Fsp3) is 0.308. The molecular formula is C13H11ClF3N3. The number of aromatic nitrogens is 2. The normalized spacial score (nSPS) is 14.6. The number of halogens is 4. The first-order valence-corrected chi connectivity index (χ1v) is 6.49. The first-order valence-electron chi connectivity index (χ1n) is 6.11. The molecular weight excluding hydrogens is 291 g/mol. The smallest absolute Gasteiger partial charge is 0.397 e. The molecule has 0 spiro atoms. The highest BCUT2D eigenvalue weighted by molar-refractivity contribution is 6.30. The van der Waals surface area contributed by atoms with Crippen molar-refractivity contribution in [3.05, 3.63) is 40.2 Å². The molecule has 0 saturated carbocycles. The summed E-state index contributed by atoms with van der Waals surface area (Å²) in [5.74, 6) is 0. The van der Waals surface area contributed by atoms with E-state index in [9.17, 15) is 13.2 Å². The topological polar surface area (TPSA) is 43.8 Å². The minimum atomic E-state index is -4.44. The quantitative estimate of drug-likeness (QED) is 0.818. The van der Waals surface area contributed by atoms with Gasteiger partial charge >= 0.3 is 6.18 Å². The van der Waals surface area contributed by atoms with Crippen LogP contribution in [0.2, 0.25) is 5.02 Å². The van der Waals surface area contributed by atoms with Crippen LogP contribution in [0.25, 0.3) is 5.69 Å². The van der Waals surface area contributed by atoms with Crippen LogP contribution in [-0.2, 0) is 19.0 Å². The van der Waals surface area contributed by atoms with Gasteiger partial charge in [0.15, 0.2) is 5.69 Å². The third-order valence-corrected chi connectivity index (χ3v) is 3.65. The van der Waals surface area contributed by atoms with Crippen molar-refractivity contribution in [2.24, 2.45) is 0 Å². The van der Waals surface area contributed by atoms with E-state index in [0.717, 1.165) is 0 Å². The molecule has 1 aromatic heterocycles. The predicted octanol–water partition coefficient (Wildman–Crippen LogP) is 3.62. The molecule has 2 N–H and O–H groups in total. The van der Waals surface area contributed by atoms with Gasteiger partial charge in [-0.25, -0.2) is 4.68 Å². The molecule has 0 unspecified atom stereocenters. The summed E-state index contributed by atoms with van der Waals surface area (Å²) in [5.41, 5.74) is 6.65. The Kier molecular flexibility index (Phi) is 2.93. The van der Waals surface area contributed by atoms with Crippen LogP contribution in [0.3, 0.4) is 0 Å². The molecule has 1 aliphatic rings. The summed E-state index contributed by atoms with van der Waals surface area (Å²) < 4.78 is 40.3. The Hall–Kier alpha value is -1.69. The number of anilines is 1. The van der Waals surface area contributed by atoms with Gasteiger partial charge in [0.25, 0.3) is 0 Å². The van der Waals surface area contributed by atoms with Crippen LogP contribution in [0.5, 0.6) is 0 Å². The van der Waals surface area contributed by atoms with E-state index in [1.807, 2.05) is 0 Å². The van der Waals surface area contributed by atoms with E-state index in [0.29, 0.717) is 41.4 Å². The van der Waals surface area contributed by atoms with Crippen LogP contribution in [0, 0.1) is 0 Å². The molecule has 2 aromatic rings. The number of alkyl halides is 3. The lowest BCUT2D eigenvalue weighted by molar-refractivity contribution is -0.141. The van der Waals surface area contributed by atoms with E-state index in [1.165, 1.54) is 10.7 Å². The number of nitrogens with zero attached hydrogens (tertiary/aromatic N) is 2. The first kappa shape index (κ1) is 13.3. The van der Waals surface area contributed by atoms with E-state index in [2.05, 4.69) is 5.10 Å². The Morgan fingerprint density at radius 2 is 2.00 bits per heavy atom. The van der Waals surface area contributed by atoms with Crippen LogP contribution in [0.15, 0.2) is 18.2 Å². The molecule has 1 aromatic carbocycles. The molecule has 20 heavy (non-hydrogen) atoms. The molecule has 3 rings (SSSR count). The highest BCUT2D eigenvalue weighted by Gasteiger charge is 2.40. The summed E-state index contributed by atoms with van der Waals surface area (Å²) >= 11 is 5.81. The number of hydrogen-bond acceptors (Lipinski definition) is 2. The average molecular weight is 302 g/mol. The van der Waals surface area contributed by atoms with Gasteiger partial charge in [0.2, 0.25) is 0 Å². The zero-order valence-electron chi connectivity index (χ0n) is 10.3. The third kappa shape index (κ3) is 2.04. The average Bonchev–Trinajstić information content (AvgIpc) is 2.89. The van der Waals surface area contributed by atoms with Gasteiger partial charge in [0, 0.05) is 16.3 Å². The predicted molar refractivity (Wildman–Crippen MR) is 70.0 cm³/mol. The summed E-state index contributed by atoms with van der Waals surface area (Å²) in [7, 11) is 0. The maximum absolute atomic E-state index is 13.0. The van der Waals surface area contributed by atoms with Crippen molar-refractivity contribution in [3.63, 3.8) is 0 Å². The van der Waals surface area contributed by atoms with Crippen molar-refractivity contribution < 1.29 is 13.2 Å². The zero-order chi connectivity index (χ0) is 14.5. The second-order valence-corrected chi connectivity index (χ2v) is 5.18. The van der Waals surface area contributed by atoms with E-state index in [1.54, 1.807) is 12.1 Å². The third-order valence-electron chi connectivity index (χ3n) is 3.42. The van der Waals surface area contributed by atoms with Gasteiger partial charge in [-0.05, 0) is 37.5 Å². The first-order chi connectivity index (χ1) is 9.38. The minimum Gasteiger partial charge on any atom is -0.397 e. The largest absolute Gasteiger partial charge is 0.435 e. The Bertz CT molecular complexity index is 676. The number of nitrogens with two attached hydrogens (primary N) is 1. The molecule has 0 bridgehead atoms. The van der Waals surface area contributed by atoms with Gasteiger partial charge in [-0.1, -0.05) is 11.6 Å². The Morgan fingerprint density at radius 3 is 2.65 bits per heavy atom. The molecule has 1 aliphatic carbocycles. The lowest BCUT2D eigenvalue weighted by Crippen LogP contribution is -2.10. The molecule has 0 aliphatic heterocycles. The van der Waals surface area contributed by atoms with E-state index >= 15 is 0 Å². The standard InChI is InChI=1S/C13H11ClF3N3/c14-7-4-5-11(9(18)6-7)20-10-3-1-2-8(10)12(19-20)13(15,16)17/h4-6H,1-3,18H2. The van der Waals surface area contributed by atoms with Gasteiger partial charge in [-0.2, -0.15) is 18.3 Å². The number of hydrogen-bond donors (Lipinski definition) is 1. The van der Waals surface area contributed by atoms with Gasteiger partial charge in [-0.15, -0.1) is 0 Å². The molecule has 0 radical (unpaired) electrons. The van der Waals surface area contributed by atoms with Crippen LogP contribution < -0.4 is 5.73 Å². The van der Waals surface area contributed by atoms with E-state index in [4.69, 9.17) is 17.3 Å². The summed E-state index contributed by atoms with van der Waals surface area (Å²) in [6.07, 6.45) is -2.78. The molecule has 3 nitrogen and oxygen atoms in total. The highest BCUT2D eigenvalue weighted by atomic mass is 35.5. The summed E-state index contributed by atoms with van der Waals surface area (Å²) in [4.78, 5) is 0. The monoisotopic (exact) mass is 301 g/mol. The molecule has 7 heteroatoms. The zero-order valence-corrected chi connectivity index (χ0v) is 11.1. The maximum Gasteiger partial charge on any atom is 0.435 e. The van der Waals surface area contributed by atoms with Crippen molar-refractivity contribution in [2.45, 2.75) is 25.4 Å². The fourth-order valence-electron chi connectivity index (χ4n) is 2.58. The van der Waals surface area contributed by atoms with Crippen molar-refractivity contribution in [1.82, 2.24) is 9.78 Å². The minimum absolute atomic E-state index is 0.284. The summed E-state index contributed by atoms with van der Waals surface area (Å²) in [6, 6.07) is 4.68. The van der Waals surface area contributed by atoms with Crippen LogP contribution in [0.1, 0.15) is 23.4 Å². The lowest BCUT2D eigenvalue weighted by Gasteiger charge is -2.09. The van der Waals surface area contributed by atoms with E-state index in [-0.39, 0.29) is 5.56 Å². The second-order valence-electron chi connectivity index (χ2n) is 4.74. The van der Waals surface area contributed by atoms with Crippen LogP contribution in [0.4, 0.5) is 18.9 Å². The van der Waals surface area contributed by atoms with Gasteiger partial charge in [-0.3, -0.25) is 0 Å². The number of nitrogen functional groups attached to an aromatic ring is 1. The van der Waals surface area contributed by atoms with Crippen molar-refractivity contribution in [1.29, 1.82) is 0 Å². The molecule has 1 heterocycles. The molecule has 0 saturated heterocycles. The molecule has 0 atom stereocenters. The van der Waals surface area contributed by atoms with Gasteiger partial charge in [0.1, 0.15) is 0 Å². The summed E-state index contributed by atoms with van der Waals surface area (Å²) in [6.45, 7) is 0. The lowest BCUT2D eigenvalue weighted by atomic mass is 10.2. The Balaban J connectivity index is 2.20. The fourth-order valence-corrected chi connectivity index (χ4v) is 2.76. The molecule has 106 valence electrons. The maximum atomic E-state index is 13.0. The van der Waals surface area contributed by atoms with Gasteiger partial charge in [0.05, 0.1) is 11.4 Å². The van der Waals surface area contributed by atoms with Crippen LogP contribution >= 0.6 is 11.6 Å². The second kappa shape index (κ2) is 4.41. The Labute approximate surface area is 118 Å². The van der Waals surface area contributed by atoms with E-state index < -0.39 is 11.9 Å². The van der Waals surface area contributed by atoms with Crippen LogP contribution in [-0.4, -0.2) is 9.78 Å². The van der Waals surface area contributed by atoms with Gasteiger partial charge < -0.3 is 5.73 Å². The van der Waals surface area contributed by atoms with Crippen molar-refractivity contribution in [2.75, 3.05) is 5.73 Å². The number of fused-ring (bicyclic) bond motifs is 1. The number of rotatable bonds is 1. The van der Waals surface area contributed by atoms with Crippen molar-refractivity contribution >= 4 is 17.3 Å². The molecule has 0 fully saturated rings. The SMILES string of the molecule is Nc1cc(Cl)ccc1-n1nc(C(F)(F)F)c2c1CCC2. The number of benzene rings is 1. The Morgan fingerprint density at radius 1 is 1.25 bits per heavy atom. The molecule has 0 amide bonds. The summed E-state index contributed by atoms with van der Waals surface area (Å²) in [5, 5.41) is 4.17.